The van der Waals surface area contributed by atoms with Crippen LogP contribution in [-0.2, 0) is 14.3 Å². The minimum atomic E-state index is -0.870. The molecule has 1 heterocycles. The van der Waals surface area contributed by atoms with E-state index in [2.05, 4.69) is 15.9 Å². The van der Waals surface area contributed by atoms with Crippen LogP contribution >= 0.6 is 50.7 Å². The fraction of sp³-hybridized carbons (Fsp3) is 0.200. The van der Waals surface area contributed by atoms with Gasteiger partial charge < -0.3 is 4.74 Å². The SMILES string of the molecule is COC(=O)C1C(=O)N(I)Sc2c(Br)cccc21. The first-order valence-corrected chi connectivity index (χ1v) is 7.13. The van der Waals surface area contributed by atoms with Crippen LogP contribution in [0.15, 0.2) is 27.6 Å². The maximum atomic E-state index is 12.0. The molecule has 1 aromatic carbocycles. The third kappa shape index (κ3) is 2.32. The molecule has 0 saturated carbocycles. The first kappa shape index (κ1) is 13.2. The van der Waals surface area contributed by atoms with E-state index in [1.54, 1.807) is 12.1 Å². The molecule has 0 aromatic heterocycles. The largest absolute Gasteiger partial charge is 0.468 e. The van der Waals surface area contributed by atoms with Crippen molar-refractivity contribution in [1.82, 2.24) is 2.52 Å². The number of carbonyl (C=O) groups excluding carboxylic acids is 2. The van der Waals surface area contributed by atoms with Crippen LogP contribution in [-0.4, -0.2) is 21.5 Å². The minimum absolute atomic E-state index is 0.270. The number of nitrogens with zero attached hydrogens (tertiary/aromatic N) is 1. The van der Waals surface area contributed by atoms with Crippen molar-refractivity contribution in [3.8, 4) is 0 Å². The summed E-state index contributed by atoms with van der Waals surface area (Å²) in [6.07, 6.45) is 0. The van der Waals surface area contributed by atoms with E-state index in [4.69, 9.17) is 4.74 Å². The molecular formula is C10H7BrINO3S. The van der Waals surface area contributed by atoms with E-state index in [1.165, 1.54) is 21.6 Å². The van der Waals surface area contributed by atoms with Gasteiger partial charge in [-0.15, -0.1) is 0 Å². The number of fused-ring (bicyclic) bond motifs is 1. The average Bonchev–Trinajstić information content (AvgIpc) is 2.31. The van der Waals surface area contributed by atoms with Crippen LogP contribution in [0.2, 0.25) is 0 Å². The topological polar surface area (TPSA) is 46.6 Å². The first-order valence-electron chi connectivity index (χ1n) is 4.60. The maximum absolute atomic E-state index is 12.0. The van der Waals surface area contributed by atoms with E-state index in [9.17, 15) is 9.59 Å². The van der Waals surface area contributed by atoms with Crippen LogP contribution in [0.4, 0.5) is 0 Å². The highest BCUT2D eigenvalue weighted by Crippen LogP contribution is 2.44. The Balaban J connectivity index is 2.57. The van der Waals surface area contributed by atoms with Crippen molar-refractivity contribution in [2.24, 2.45) is 0 Å². The van der Waals surface area contributed by atoms with E-state index in [0.717, 1.165) is 9.37 Å². The zero-order valence-electron chi connectivity index (χ0n) is 8.65. The summed E-state index contributed by atoms with van der Waals surface area (Å²) in [6.45, 7) is 0. The molecule has 0 spiro atoms. The fourth-order valence-electron chi connectivity index (χ4n) is 1.55. The Bertz CT molecular complexity index is 496. The fourth-order valence-corrected chi connectivity index (χ4v) is 3.82. The van der Waals surface area contributed by atoms with Crippen molar-refractivity contribution >= 4 is 62.6 Å². The maximum Gasteiger partial charge on any atom is 0.322 e. The van der Waals surface area contributed by atoms with Crippen LogP contribution in [0, 0.1) is 0 Å². The van der Waals surface area contributed by atoms with Crippen molar-refractivity contribution in [1.29, 1.82) is 0 Å². The molecular weight excluding hydrogens is 421 g/mol. The lowest BCUT2D eigenvalue weighted by atomic mass is 9.98. The van der Waals surface area contributed by atoms with Crippen molar-refractivity contribution in [3.63, 3.8) is 0 Å². The highest BCUT2D eigenvalue weighted by molar-refractivity contribution is 14.1. The summed E-state index contributed by atoms with van der Waals surface area (Å²) >= 11 is 6.59. The summed E-state index contributed by atoms with van der Waals surface area (Å²) in [7, 11) is 1.28. The second kappa shape index (κ2) is 5.15. The van der Waals surface area contributed by atoms with E-state index < -0.39 is 11.9 Å². The van der Waals surface area contributed by atoms with Crippen molar-refractivity contribution < 1.29 is 14.3 Å². The third-order valence-electron chi connectivity index (χ3n) is 2.34. The van der Waals surface area contributed by atoms with Crippen LogP contribution in [0.1, 0.15) is 11.5 Å². The zero-order valence-corrected chi connectivity index (χ0v) is 13.2. The molecule has 0 aliphatic carbocycles. The molecule has 1 aliphatic heterocycles. The van der Waals surface area contributed by atoms with Crippen molar-refractivity contribution in [3.05, 3.63) is 28.2 Å². The van der Waals surface area contributed by atoms with Crippen LogP contribution in [0.25, 0.3) is 0 Å². The lowest BCUT2D eigenvalue weighted by Gasteiger charge is -2.27. The van der Waals surface area contributed by atoms with Gasteiger partial charge in [-0.25, -0.2) is 2.52 Å². The zero-order chi connectivity index (χ0) is 12.6. The highest BCUT2D eigenvalue weighted by atomic mass is 127. The van der Waals surface area contributed by atoms with Gasteiger partial charge in [0.15, 0.2) is 5.92 Å². The number of hydrogen-bond acceptors (Lipinski definition) is 4. The Kier molecular flexibility index (Phi) is 3.99. The highest BCUT2D eigenvalue weighted by Gasteiger charge is 2.39. The Labute approximate surface area is 125 Å². The average molecular weight is 428 g/mol. The molecule has 90 valence electrons. The summed E-state index contributed by atoms with van der Waals surface area (Å²) in [4.78, 5) is 24.6. The van der Waals surface area contributed by atoms with Gasteiger partial charge in [-0.1, -0.05) is 12.1 Å². The second-order valence-electron chi connectivity index (χ2n) is 3.29. The predicted molar refractivity (Wildman–Crippen MR) is 75.6 cm³/mol. The molecule has 0 N–H and O–H groups in total. The molecule has 7 heteroatoms. The molecule has 0 radical (unpaired) electrons. The van der Waals surface area contributed by atoms with E-state index >= 15 is 0 Å². The van der Waals surface area contributed by atoms with E-state index in [0.29, 0.717) is 5.56 Å². The molecule has 0 fully saturated rings. The summed E-state index contributed by atoms with van der Waals surface area (Å²) < 4.78 is 6.98. The van der Waals surface area contributed by atoms with Gasteiger partial charge in [-0.05, 0) is 27.6 Å². The first-order chi connectivity index (χ1) is 8.06. The summed E-state index contributed by atoms with van der Waals surface area (Å²) in [5.41, 5.74) is 0.689. The Morgan fingerprint density at radius 2 is 2.29 bits per heavy atom. The Morgan fingerprint density at radius 1 is 1.59 bits per heavy atom. The van der Waals surface area contributed by atoms with Gasteiger partial charge in [-0.2, -0.15) is 0 Å². The number of carbonyl (C=O) groups is 2. The molecule has 0 bridgehead atoms. The number of ether oxygens (including phenoxy) is 1. The van der Waals surface area contributed by atoms with Gasteiger partial charge >= 0.3 is 5.97 Å². The number of methoxy groups -OCH3 is 1. The number of esters is 1. The molecule has 1 unspecified atom stereocenters. The molecule has 1 aliphatic rings. The van der Waals surface area contributed by atoms with Gasteiger partial charge in [0.25, 0.3) is 5.91 Å². The van der Waals surface area contributed by atoms with Gasteiger partial charge in [0.2, 0.25) is 0 Å². The number of amides is 1. The summed E-state index contributed by atoms with van der Waals surface area (Å²) in [5.74, 6) is -1.67. The van der Waals surface area contributed by atoms with Crippen LogP contribution < -0.4 is 0 Å². The molecule has 4 nitrogen and oxygen atoms in total. The standard InChI is InChI=1S/C10H7BrINO3S/c1-16-10(15)7-5-3-2-4-6(11)8(5)17-13(12)9(7)14/h2-4,7H,1H3. The third-order valence-corrected chi connectivity index (χ3v) is 5.31. The van der Waals surface area contributed by atoms with Crippen LogP contribution in [0.5, 0.6) is 0 Å². The Hall–Kier alpha value is -0.280. The molecule has 1 amide bonds. The molecule has 0 saturated heterocycles. The lowest BCUT2D eigenvalue weighted by molar-refractivity contribution is -0.146. The van der Waals surface area contributed by atoms with Crippen LogP contribution in [0.3, 0.4) is 0 Å². The smallest absolute Gasteiger partial charge is 0.322 e. The predicted octanol–water partition coefficient (Wildman–Crippen LogP) is 2.91. The van der Waals surface area contributed by atoms with Crippen molar-refractivity contribution in [2.45, 2.75) is 10.8 Å². The summed E-state index contributed by atoms with van der Waals surface area (Å²) in [6, 6.07) is 5.45. The molecule has 2 rings (SSSR count). The second-order valence-corrected chi connectivity index (χ2v) is 6.72. The number of rotatable bonds is 1. The van der Waals surface area contributed by atoms with E-state index in [-0.39, 0.29) is 5.91 Å². The molecule has 1 atom stereocenters. The van der Waals surface area contributed by atoms with Crippen molar-refractivity contribution in [2.75, 3.05) is 7.11 Å². The number of hydrogen-bond donors (Lipinski definition) is 0. The van der Waals surface area contributed by atoms with E-state index in [1.807, 2.05) is 28.9 Å². The van der Waals surface area contributed by atoms with Gasteiger partial charge in [-0.3, -0.25) is 9.59 Å². The summed E-state index contributed by atoms with van der Waals surface area (Å²) in [5, 5.41) is 0. The van der Waals surface area contributed by atoms with Gasteiger partial charge in [0, 0.05) is 21.3 Å². The lowest BCUT2D eigenvalue weighted by Crippen LogP contribution is -2.33. The van der Waals surface area contributed by atoms with Gasteiger partial charge in [0.05, 0.1) is 30.0 Å². The van der Waals surface area contributed by atoms with Gasteiger partial charge in [0.1, 0.15) is 0 Å². The number of halogens is 2. The Morgan fingerprint density at radius 3 is 2.94 bits per heavy atom. The number of benzene rings is 1. The monoisotopic (exact) mass is 427 g/mol. The quantitative estimate of drug-likeness (QED) is 0.227. The minimum Gasteiger partial charge on any atom is -0.468 e. The molecule has 17 heavy (non-hydrogen) atoms. The normalized spacial score (nSPS) is 18.9. The molecule has 1 aromatic rings.